The zero-order chi connectivity index (χ0) is 12.1. The van der Waals surface area contributed by atoms with E-state index in [-0.39, 0.29) is 12.2 Å². The van der Waals surface area contributed by atoms with Crippen molar-refractivity contribution in [3.8, 4) is 5.88 Å². The van der Waals surface area contributed by atoms with E-state index in [1.807, 2.05) is 0 Å². The number of hydrogen-bond donors (Lipinski definition) is 0. The Kier molecular flexibility index (Phi) is 4.00. The first kappa shape index (κ1) is 11.9. The number of methoxy groups -OCH3 is 1. The smallest absolute Gasteiger partial charge is 0.216 e. The lowest BCUT2D eigenvalue weighted by Gasteiger charge is -2.21. The summed E-state index contributed by atoms with van der Waals surface area (Å²) in [6.45, 7) is 1.33. The van der Waals surface area contributed by atoms with E-state index in [1.54, 1.807) is 6.07 Å². The predicted molar refractivity (Wildman–Crippen MR) is 57.9 cm³/mol. The number of carbonyl (C=O) groups is 1. The summed E-state index contributed by atoms with van der Waals surface area (Å²) in [6, 6.07) is 1.64. The summed E-state index contributed by atoms with van der Waals surface area (Å²) in [6.07, 6.45) is 1.09. The topological polar surface area (TPSA) is 70.5 Å². The molecule has 0 aromatic carbocycles. The van der Waals surface area contributed by atoms with Crippen LogP contribution >= 0.6 is 0 Å². The van der Waals surface area contributed by atoms with Crippen molar-refractivity contribution in [3.05, 3.63) is 18.1 Å². The highest BCUT2D eigenvalue weighted by molar-refractivity contribution is 5.85. The van der Waals surface area contributed by atoms with Gasteiger partial charge in [-0.1, -0.05) is 0 Å². The van der Waals surface area contributed by atoms with Gasteiger partial charge in [0.25, 0.3) is 0 Å². The molecular formula is C11H14N2O4. The zero-order valence-corrected chi connectivity index (χ0v) is 9.59. The second-order valence-electron chi connectivity index (χ2n) is 3.63. The van der Waals surface area contributed by atoms with Crippen LogP contribution in [0.2, 0.25) is 0 Å². The lowest BCUT2D eigenvalue weighted by Crippen LogP contribution is -2.36. The molecule has 1 aliphatic rings. The molecular weight excluding hydrogens is 224 g/mol. The van der Waals surface area contributed by atoms with Crippen LogP contribution in [0.1, 0.15) is 5.69 Å². The first-order valence-corrected chi connectivity index (χ1v) is 5.36. The highest BCUT2D eigenvalue weighted by Crippen LogP contribution is 2.09. The Balaban J connectivity index is 1.96. The maximum absolute atomic E-state index is 11.9. The molecule has 6 nitrogen and oxygen atoms in total. The number of nitrogens with zero attached hydrogens (tertiary/aromatic N) is 2. The molecule has 1 aromatic rings. The minimum Gasteiger partial charge on any atom is -0.481 e. The van der Waals surface area contributed by atoms with Crippen LogP contribution in [0.3, 0.4) is 0 Å². The number of carbonyl (C=O) groups excluding carboxylic acids is 1. The van der Waals surface area contributed by atoms with Crippen LogP contribution in [-0.2, 0) is 20.7 Å². The molecule has 1 aliphatic heterocycles. The second-order valence-corrected chi connectivity index (χ2v) is 3.63. The van der Waals surface area contributed by atoms with E-state index in [2.05, 4.69) is 9.97 Å². The van der Waals surface area contributed by atoms with Gasteiger partial charge in [-0.2, -0.15) is 0 Å². The molecule has 92 valence electrons. The predicted octanol–water partition coefficient (Wildman–Crippen LogP) is 0.0122. The Hall–Kier alpha value is -1.53. The van der Waals surface area contributed by atoms with Crippen LogP contribution in [-0.4, -0.2) is 48.8 Å². The maximum atomic E-state index is 11.9. The monoisotopic (exact) mass is 238 g/mol. The van der Waals surface area contributed by atoms with Gasteiger partial charge in [0.05, 0.1) is 39.0 Å². The molecule has 6 heteroatoms. The van der Waals surface area contributed by atoms with E-state index >= 15 is 0 Å². The fraction of sp³-hybridized carbons (Fsp3) is 0.545. The highest BCUT2D eigenvalue weighted by atomic mass is 16.6. The molecule has 1 atom stereocenters. The van der Waals surface area contributed by atoms with Crippen LogP contribution < -0.4 is 4.74 Å². The molecule has 1 aromatic heterocycles. The van der Waals surface area contributed by atoms with Gasteiger partial charge in [0.2, 0.25) is 5.88 Å². The largest absolute Gasteiger partial charge is 0.481 e. The van der Waals surface area contributed by atoms with Crippen LogP contribution in [0.25, 0.3) is 0 Å². The van der Waals surface area contributed by atoms with E-state index in [1.165, 1.54) is 13.4 Å². The van der Waals surface area contributed by atoms with Gasteiger partial charge in [-0.25, -0.2) is 9.97 Å². The molecule has 1 fully saturated rings. The third-order valence-electron chi connectivity index (χ3n) is 2.44. The van der Waals surface area contributed by atoms with Gasteiger partial charge < -0.3 is 14.2 Å². The molecule has 0 aliphatic carbocycles. The number of hydrogen-bond acceptors (Lipinski definition) is 6. The van der Waals surface area contributed by atoms with Crippen LogP contribution in [0.15, 0.2) is 12.4 Å². The molecule has 0 amide bonds. The fourth-order valence-electron chi connectivity index (χ4n) is 1.55. The number of ketones is 1. The summed E-state index contributed by atoms with van der Waals surface area (Å²) >= 11 is 0. The number of ether oxygens (including phenoxy) is 3. The van der Waals surface area contributed by atoms with Gasteiger partial charge in [-0.3, -0.25) is 4.79 Å². The number of rotatable bonds is 4. The van der Waals surface area contributed by atoms with Gasteiger partial charge >= 0.3 is 0 Å². The van der Waals surface area contributed by atoms with Crippen LogP contribution in [0.5, 0.6) is 5.88 Å². The Morgan fingerprint density at radius 1 is 1.53 bits per heavy atom. The van der Waals surface area contributed by atoms with Crippen molar-refractivity contribution in [2.75, 3.05) is 26.9 Å². The first-order chi connectivity index (χ1) is 8.29. The van der Waals surface area contributed by atoms with Crippen molar-refractivity contribution in [2.45, 2.75) is 12.5 Å². The number of Topliss-reactive ketones (excluding diaryl/α,β-unsaturated/α-hetero) is 1. The van der Waals surface area contributed by atoms with Gasteiger partial charge in [-0.15, -0.1) is 0 Å². The molecule has 0 saturated carbocycles. The van der Waals surface area contributed by atoms with E-state index in [9.17, 15) is 4.79 Å². The van der Waals surface area contributed by atoms with Gasteiger partial charge in [0.1, 0.15) is 12.4 Å². The molecule has 1 unspecified atom stereocenters. The first-order valence-electron chi connectivity index (χ1n) is 5.36. The molecule has 0 bridgehead atoms. The third-order valence-corrected chi connectivity index (χ3v) is 2.44. The van der Waals surface area contributed by atoms with Gasteiger partial charge in [0, 0.05) is 6.07 Å². The third kappa shape index (κ3) is 3.21. The van der Waals surface area contributed by atoms with Crippen molar-refractivity contribution in [1.82, 2.24) is 9.97 Å². The van der Waals surface area contributed by atoms with E-state index < -0.39 is 6.10 Å². The molecule has 0 radical (unpaired) electrons. The molecule has 0 spiro atoms. The maximum Gasteiger partial charge on any atom is 0.216 e. The Morgan fingerprint density at radius 2 is 2.41 bits per heavy atom. The SMILES string of the molecule is COc1cc(CC(=O)C2COCCO2)ncn1. The van der Waals surface area contributed by atoms with Crippen LogP contribution in [0.4, 0.5) is 0 Å². The molecule has 0 N–H and O–H groups in total. The van der Waals surface area contributed by atoms with E-state index in [0.717, 1.165) is 0 Å². The van der Waals surface area contributed by atoms with E-state index in [4.69, 9.17) is 14.2 Å². The summed E-state index contributed by atoms with van der Waals surface area (Å²) in [5, 5.41) is 0. The summed E-state index contributed by atoms with van der Waals surface area (Å²) in [5.41, 5.74) is 0.621. The molecule has 2 rings (SSSR count). The minimum absolute atomic E-state index is 0.0366. The summed E-state index contributed by atoms with van der Waals surface area (Å²) in [7, 11) is 1.52. The average Bonchev–Trinajstić information content (AvgIpc) is 2.40. The lowest BCUT2D eigenvalue weighted by atomic mass is 10.1. The lowest BCUT2D eigenvalue weighted by molar-refractivity contribution is -0.144. The van der Waals surface area contributed by atoms with Gasteiger partial charge in [0.15, 0.2) is 5.78 Å². The minimum atomic E-state index is -0.482. The molecule has 2 heterocycles. The van der Waals surface area contributed by atoms with Crippen molar-refractivity contribution in [2.24, 2.45) is 0 Å². The summed E-state index contributed by atoms with van der Waals surface area (Å²) in [5.74, 6) is 0.411. The van der Waals surface area contributed by atoms with Crippen molar-refractivity contribution in [3.63, 3.8) is 0 Å². The van der Waals surface area contributed by atoms with E-state index in [0.29, 0.717) is 31.4 Å². The standard InChI is InChI=1S/C11H14N2O4/c1-15-11-5-8(12-7-13-11)4-9(14)10-6-16-2-3-17-10/h5,7,10H,2-4,6H2,1H3. The van der Waals surface area contributed by atoms with Crippen LogP contribution in [0, 0.1) is 0 Å². The van der Waals surface area contributed by atoms with Crippen molar-refractivity contribution < 1.29 is 19.0 Å². The Morgan fingerprint density at radius 3 is 3.12 bits per heavy atom. The second kappa shape index (κ2) is 5.70. The van der Waals surface area contributed by atoms with Crippen molar-refractivity contribution in [1.29, 1.82) is 0 Å². The quantitative estimate of drug-likeness (QED) is 0.736. The Labute approximate surface area is 98.9 Å². The summed E-state index contributed by atoms with van der Waals surface area (Å²) < 4.78 is 15.5. The number of aromatic nitrogens is 2. The Bertz CT molecular complexity index is 391. The average molecular weight is 238 g/mol. The molecule has 17 heavy (non-hydrogen) atoms. The normalized spacial score (nSPS) is 19.9. The molecule has 1 saturated heterocycles. The summed E-state index contributed by atoms with van der Waals surface area (Å²) in [4.78, 5) is 19.8. The zero-order valence-electron chi connectivity index (χ0n) is 9.59. The van der Waals surface area contributed by atoms with Gasteiger partial charge in [-0.05, 0) is 0 Å². The highest BCUT2D eigenvalue weighted by Gasteiger charge is 2.23. The fourth-order valence-corrected chi connectivity index (χ4v) is 1.55. The van der Waals surface area contributed by atoms with Crippen molar-refractivity contribution >= 4 is 5.78 Å².